The molecule has 0 fully saturated rings. The minimum Gasteiger partial charge on any atom is -0.187 e. The largest absolute Gasteiger partial charge is 0.187 e. The Morgan fingerprint density at radius 1 is 0.423 bits per heavy atom. The number of rotatable bonds is 18. The second kappa shape index (κ2) is 15.6. The first kappa shape index (κ1) is 25.6. The first-order valence-electron chi connectivity index (χ1n) is 11.8. The van der Waals surface area contributed by atoms with Gasteiger partial charge >= 0.3 is 0 Å². The molecule has 0 aliphatic rings. The molecule has 0 amide bonds. The summed E-state index contributed by atoms with van der Waals surface area (Å²) in [6.07, 6.45) is 21.5. The van der Waals surface area contributed by atoms with Gasteiger partial charge in [0, 0.05) is 0 Å². The van der Waals surface area contributed by atoms with Gasteiger partial charge in [0.25, 0.3) is 0 Å². The summed E-state index contributed by atoms with van der Waals surface area (Å²) in [7, 11) is 0. The molecule has 0 atom stereocenters. The van der Waals surface area contributed by atoms with E-state index in [4.69, 9.17) is 10.2 Å². The molecule has 0 aromatic carbocycles. The number of unbranched alkanes of at least 4 members (excludes halogenated alkanes) is 12. The topological polar surface area (TPSA) is 24.7 Å². The molecule has 0 unspecified atom stereocenters. The summed E-state index contributed by atoms with van der Waals surface area (Å²) in [6.45, 7) is 13.6. The predicted molar refractivity (Wildman–Crippen MR) is 118 cm³/mol. The number of azo groups is 1. The van der Waals surface area contributed by atoms with Crippen molar-refractivity contribution in [3.63, 3.8) is 0 Å². The quantitative estimate of drug-likeness (QED) is 0.170. The Hall–Kier alpha value is -0.400. The maximum atomic E-state index is 4.74. The van der Waals surface area contributed by atoms with E-state index in [1.165, 1.54) is 89.9 Å². The van der Waals surface area contributed by atoms with E-state index in [-0.39, 0.29) is 11.1 Å². The second-order valence-corrected chi connectivity index (χ2v) is 9.57. The van der Waals surface area contributed by atoms with Crippen molar-refractivity contribution in [2.24, 2.45) is 10.2 Å². The van der Waals surface area contributed by atoms with Crippen molar-refractivity contribution < 1.29 is 0 Å². The molecule has 0 aromatic heterocycles. The van der Waals surface area contributed by atoms with Gasteiger partial charge in [-0.3, -0.25) is 0 Å². The Bertz CT molecular complexity index is 299. The number of nitrogens with zero attached hydrogens (tertiary/aromatic N) is 2. The van der Waals surface area contributed by atoms with Crippen LogP contribution in [0.25, 0.3) is 0 Å². The van der Waals surface area contributed by atoms with Gasteiger partial charge in [-0.2, -0.15) is 10.2 Å². The van der Waals surface area contributed by atoms with Gasteiger partial charge in [0.1, 0.15) is 0 Å². The van der Waals surface area contributed by atoms with E-state index in [0.717, 1.165) is 12.8 Å². The fraction of sp³-hybridized carbons (Fsp3) is 1.00. The smallest absolute Gasteiger partial charge is 0.0760 e. The van der Waals surface area contributed by atoms with Crippen molar-refractivity contribution in [3.8, 4) is 0 Å². The fourth-order valence-electron chi connectivity index (χ4n) is 3.40. The predicted octanol–water partition coefficient (Wildman–Crippen LogP) is 9.28. The Kier molecular flexibility index (Phi) is 15.4. The number of hydrogen-bond acceptors (Lipinski definition) is 2. The molecule has 0 bridgehead atoms. The summed E-state index contributed by atoms with van der Waals surface area (Å²) in [5.41, 5.74) is 0.00167. The van der Waals surface area contributed by atoms with Gasteiger partial charge in [-0.1, -0.05) is 104 Å². The van der Waals surface area contributed by atoms with Crippen molar-refractivity contribution >= 4 is 0 Å². The summed E-state index contributed by atoms with van der Waals surface area (Å²) >= 11 is 0. The van der Waals surface area contributed by atoms with Crippen molar-refractivity contribution in [1.29, 1.82) is 0 Å². The zero-order valence-electron chi connectivity index (χ0n) is 19.2. The van der Waals surface area contributed by atoms with Crippen LogP contribution in [0.2, 0.25) is 0 Å². The van der Waals surface area contributed by atoms with Crippen molar-refractivity contribution in [2.45, 2.75) is 155 Å². The SMILES string of the molecule is CCCCCCCCCC(C)(C)N=NC(C)(C)CCCCCCCCC. The van der Waals surface area contributed by atoms with Gasteiger partial charge < -0.3 is 0 Å². The molecule has 2 heteroatoms. The minimum absolute atomic E-state index is 0.000834. The van der Waals surface area contributed by atoms with Crippen molar-refractivity contribution in [2.75, 3.05) is 0 Å². The molecular formula is C24H50N2. The highest BCUT2D eigenvalue weighted by Crippen LogP contribution is 2.25. The third kappa shape index (κ3) is 17.0. The van der Waals surface area contributed by atoms with Crippen LogP contribution in [0.1, 0.15) is 144 Å². The van der Waals surface area contributed by atoms with Crippen molar-refractivity contribution in [1.82, 2.24) is 0 Å². The van der Waals surface area contributed by atoms with Crippen LogP contribution in [-0.2, 0) is 0 Å². The molecule has 0 aromatic rings. The van der Waals surface area contributed by atoms with E-state index in [0.29, 0.717) is 0 Å². The monoisotopic (exact) mass is 366 g/mol. The first-order valence-corrected chi connectivity index (χ1v) is 11.8. The molecule has 26 heavy (non-hydrogen) atoms. The van der Waals surface area contributed by atoms with Gasteiger partial charge in [-0.25, -0.2) is 0 Å². The summed E-state index contributed by atoms with van der Waals surface area (Å²) in [4.78, 5) is 0. The lowest BCUT2D eigenvalue weighted by atomic mass is 9.96. The van der Waals surface area contributed by atoms with Gasteiger partial charge in [-0.05, 0) is 40.5 Å². The zero-order chi connectivity index (χ0) is 19.7. The molecule has 0 N–H and O–H groups in total. The minimum atomic E-state index is 0.000834. The summed E-state index contributed by atoms with van der Waals surface area (Å²) in [5, 5.41) is 9.48. The lowest BCUT2D eigenvalue weighted by Gasteiger charge is -2.23. The van der Waals surface area contributed by atoms with Crippen LogP contribution in [0.3, 0.4) is 0 Å². The van der Waals surface area contributed by atoms with E-state index in [2.05, 4.69) is 41.5 Å². The maximum absolute atomic E-state index is 4.74. The third-order valence-corrected chi connectivity index (χ3v) is 5.38. The van der Waals surface area contributed by atoms with E-state index < -0.39 is 0 Å². The molecule has 0 spiro atoms. The third-order valence-electron chi connectivity index (χ3n) is 5.38. The molecule has 0 radical (unpaired) electrons. The second-order valence-electron chi connectivity index (χ2n) is 9.57. The summed E-state index contributed by atoms with van der Waals surface area (Å²) in [6, 6.07) is 0. The standard InChI is InChI=1S/C24H50N2/c1-7-9-11-13-15-17-19-21-23(3,4)25-26-24(5,6)22-20-18-16-14-12-10-8-2/h7-22H2,1-6H3. The van der Waals surface area contributed by atoms with Gasteiger partial charge in [0.05, 0.1) is 11.1 Å². The van der Waals surface area contributed by atoms with Crippen LogP contribution < -0.4 is 0 Å². The molecular weight excluding hydrogens is 316 g/mol. The Morgan fingerprint density at radius 2 is 0.692 bits per heavy atom. The average Bonchev–Trinajstić information content (AvgIpc) is 2.59. The molecule has 156 valence electrons. The maximum Gasteiger partial charge on any atom is 0.0760 e. The molecule has 0 heterocycles. The zero-order valence-corrected chi connectivity index (χ0v) is 19.2. The van der Waals surface area contributed by atoms with Crippen LogP contribution in [-0.4, -0.2) is 11.1 Å². The highest BCUT2D eigenvalue weighted by Gasteiger charge is 2.20. The Morgan fingerprint density at radius 3 is 1.00 bits per heavy atom. The van der Waals surface area contributed by atoms with Crippen LogP contribution in [0.4, 0.5) is 0 Å². The van der Waals surface area contributed by atoms with E-state index in [9.17, 15) is 0 Å². The molecule has 0 aliphatic carbocycles. The molecule has 2 nitrogen and oxygen atoms in total. The molecule has 0 aliphatic heterocycles. The van der Waals surface area contributed by atoms with Gasteiger partial charge in [0.15, 0.2) is 0 Å². The summed E-state index contributed by atoms with van der Waals surface area (Å²) < 4.78 is 0. The van der Waals surface area contributed by atoms with Gasteiger partial charge in [0.2, 0.25) is 0 Å². The van der Waals surface area contributed by atoms with Crippen LogP contribution >= 0.6 is 0 Å². The summed E-state index contributed by atoms with van der Waals surface area (Å²) in [5.74, 6) is 0. The van der Waals surface area contributed by atoms with E-state index in [1.807, 2.05) is 0 Å². The van der Waals surface area contributed by atoms with E-state index in [1.54, 1.807) is 0 Å². The normalized spacial score (nSPS) is 13.0. The number of hydrogen-bond donors (Lipinski definition) is 0. The van der Waals surface area contributed by atoms with Crippen LogP contribution in [0.5, 0.6) is 0 Å². The van der Waals surface area contributed by atoms with Crippen LogP contribution in [0.15, 0.2) is 10.2 Å². The van der Waals surface area contributed by atoms with E-state index >= 15 is 0 Å². The highest BCUT2D eigenvalue weighted by atomic mass is 15.2. The Balaban J connectivity index is 3.88. The lowest BCUT2D eigenvalue weighted by molar-refractivity contribution is 0.367. The first-order chi connectivity index (χ1) is 12.3. The highest BCUT2D eigenvalue weighted by molar-refractivity contribution is 4.80. The molecule has 0 rings (SSSR count). The average molecular weight is 367 g/mol. The molecule has 0 saturated heterocycles. The molecule has 0 saturated carbocycles. The van der Waals surface area contributed by atoms with Gasteiger partial charge in [-0.15, -0.1) is 0 Å². The van der Waals surface area contributed by atoms with Crippen LogP contribution in [0, 0.1) is 0 Å². The lowest BCUT2D eigenvalue weighted by Crippen LogP contribution is -2.21. The Labute approximate surface area is 166 Å². The van der Waals surface area contributed by atoms with Crippen molar-refractivity contribution in [3.05, 3.63) is 0 Å². The fourth-order valence-corrected chi connectivity index (χ4v) is 3.40.